The Hall–Kier alpha value is -3.74. The predicted molar refractivity (Wildman–Crippen MR) is 128 cm³/mol. The fourth-order valence-electron chi connectivity index (χ4n) is 3.50. The van der Waals surface area contributed by atoms with Crippen molar-refractivity contribution in [2.45, 2.75) is 27.3 Å². The van der Waals surface area contributed by atoms with Crippen LogP contribution in [0, 0.1) is 5.92 Å². The number of methoxy groups -OCH3 is 2. The van der Waals surface area contributed by atoms with Crippen LogP contribution in [0.25, 0.3) is 11.1 Å². The lowest BCUT2D eigenvalue weighted by Crippen LogP contribution is -2.21. The third-order valence-electron chi connectivity index (χ3n) is 5.21. The first kappa shape index (κ1) is 23.9. The van der Waals surface area contributed by atoms with Crippen molar-refractivity contribution in [3.05, 3.63) is 66.0 Å². The minimum atomic E-state index is -0.501. The van der Waals surface area contributed by atoms with E-state index in [1.54, 1.807) is 41.1 Å². The fourth-order valence-corrected chi connectivity index (χ4v) is 3.50. The van der Waals surface area contributed by atoms with E-state index < -0.39 is 5.97 Å². The smallest absolute Gasteiger partial charge is 0.357 e. The zero-order valence-corrected chi connectivity index (χ0v) is 19.7. The molecule has 2 aromatic carbocycles. The van der Waals surface area contributed by atoms with Gasteiger partial charge in [-0.25, -0.2) is 4.79 Å². The summed E-state index contributed by atoms with van der Waals surface area (Å²) in [6.45, 7) is 6.02. The SMILES string of the molecule is CCOC(=O)c1c(NC(=O)C(C)C)c(-c2ccc(OC)c(OC)c2)cn1Cc1ccccc1. The minimum absolute atomic E-state index is 0.195. The number of carbonyl (C=O) groups excluding carboxylic acids is 2. The zero-order chi connectivity index (χ0) is 24.0. The summed E-state index contributed by atoms with van der Waals surface area (Å²) in [5, 5.41) is 2.96. The molecule has 1 N–H and O–H groups in total. The molecule has 1 aromatic heterocycles. The Labute approximate surface area is 194 Å². The summed E-state index contributed by atoms with van der Waals surface area (Å²) in [4.78, 5) is 25.8. The van der Waals surface area contributed by atoms with Crippen molar-refractivity contribution in [1.29, 1.82) is 0 Å². The summed E-state index contributed by atoms with van der Waals surface area (Å²) in [7, 11) is 3.13. The molecule has 1 amide bonds. The number of nitrogens with one attached hydrogen (secondary N) is 1. The van der Waals surface area contributed by atoms with Gasteiger partial charge in [0.1, 0.15) is 0 Å². The summed E-state index contributed by atoms with van der Waals surface area (Å²) in [5.41, 5.74) is 3.17. The lowest BCUT2D eigenvalue weighted by molar-refractivity contribution is -0.118. The van der Waals surface area contributed by atoms with Crippen LogP contribution in [-0.4, -0.2) is 37.3 Å². The van der Waals surface area contributed by atoms with Gasteiger partial charge in [0.05, 0.1) is 26.5 Å². The molecule has 0 unspecified atom stereocenters. The van der Waals surface area contributed by atoms with E-state index in [2.05, 4.69) is 5.32 Å². The van der Waals surface area contributed by atoms with Crippen LogP contribution in [-0.2, 0) is 16.1 Å². The number of hydrogen-bond donors (Lipinski definition) is 1. The molecule has 0 aliphatic carbocycles. The van der Waals surface area contributed by atoms with Gasteiger partial charge in [0, 0.05) is 24.2 Å². The maximum atomic E-state index is 13.1. The van der Waals surface area contributed by atoms with Gasteiger partial charge in [-0.3, -0.25) is 4.79 Å². The highest BCUT2D eigenvalue weighted by atomic mass is 16.5. The van der Waals surface area contributed by atoms with Crippen LogP contribution >= 0.6 is 0 Å². The Morgan fingerprint density at radius 3 is 2.30 bits per heavy atom. The molecule has 0 bridgehead atoms. The first-order valence-electron chi connectivity index (χ1n) is 10.9. The molecule has 0 atom stereocenters. The largest absolute Gasteiger partial charge is 0.493 e. The molecule has 0 saturated carbocycles. The second kappa shape index (κ2) is 10.7. The molecule has 0 aliphatic heterocycles. The summed E-state index contributed by atoms with van der Waals surface area (Å²) in [6, 6.07) is 15.3. The molecule has 3 aromatic rings. The maximum Gasteiger partial charge on any atom is 0.357 e. The topological polar surface area (TPSA) is 78.8 Å². The highest BCUT2D eigenvalue weighted by Crippen LogP contribution is 2.39. The summed E-state index contributed by atoms with van der Waals surface area (Å²) in [6.07, 6.45) is 1.86. The molecule has 3 rings (SSSR count). The first-order valence-corrected chi connectivity index (χ1v) is 10.9. The van der Waals surface area contributed by atoms with E-state index in [1.807, 2.05) is 53.2 Å². The molecule has 7 nitrogen and oxygen atoms in total. The third-order valence-corrected chi connectivity index (χ3v) is 5.21. The van der Waals surface area contributed by atoms with Gasteiger partial charge >= 0.3 is 5.97 Å². The van der Waals surface area contributed by atoms with Crippen molar-refractivity contribution >= 4 is 17.6 Å². The number of nitrogens with zero attached hydrogens (tertiary/aromatic N) is 1. The summed E-state index contributed by atoms with van der Waals surface area (Å²) < 4.78 is 18.0. The standard InChI is InChI=1S/C26H30N2O5/c1-6-33-26(30)24-23(27-25(29)17(2)3)20(16-28(24)15-18-10-8-7-9-11-18)19-12-13-21(31-4)22(14-19)32-5/h7-14,16-17H,6,15H2,1-5H3,(H,27,29). The van der Waals surface area contributed by atoms with Crippen molar-refractivity contribution in [2.24, 2.45) is 5.92 Å². The molecule has 33 heavy (non-hydrogen) atoms. The fraction of sp³-hybridized carbons (Fsp3) is 0.308. The van der Waals surface area contributed by atoms with E-state index in [1.165, 1.54) is 0 Å². The van der Waals surface area contributed by atoms with Gasteiger partial charge in [-0.05, 0) is 30.2 Å². The van der Waals surface area contributed by atoms with Crippen LogP contribution in [0.4, 0.5) is 5.69 Å². The van der Waals surface area contributed by atoms with E-state index in [0.29, 0.717) is 35.0 Å². The van der Waals surface area contributed by atoms with Crippen LogP contribution in [0.5, 0.6) is 11.5 Å². The van der Waals surface area contributed by atoms with Crippen molar-refractivity contribution in [3.8, 4) is 22.6 Å². The van der Waals surface area contributed by atoms with Crippen LogP contribution < -0.4 is 14.8 Å². The zero-order valence-electron chi connectivity index (χ0n) is 19.7. The quantitative estimate of drug-likeness (QED) is 0.465. The van der Waals surface area contributed by atoms with Crippen molar-refractivity contribution in [3.63, 3.8) is 0 Å². The number of amides is 1. The van der Waals surface area contributed by atoms with Crippen molar-refractivity contribution in [2.75, 3.05) is 26.1 Å². The highest BCUT2D eigenvalue weighted by molar-refractivity contribution is 6.06. The van der Waals surface area contributed by atoms with Crippen LogP contribution in [0.2, 0.25) is 0 Å². The first-order chi connectivity index (χ1) is 15.9. The Kier molecular flexibility index (Phi) is 7.77. The molecule has 0 aliphatic rings. The number of rotatable bonds is 9. The predicted octanol–water partition coefficient (Wildman–Crippen LogP) is 4.99. The number of esters is 1. The van der Waals surface area contributed by atoms with E-state index >= 15 is 0 Å². The van der Waals surface area contributed by atoms with Gasteiger partial charge in [-0.15, -0.1) is 0 Å². The van der Waals surface area contributed by atoms with Crippen LogP contribution in [0.1, 0.15) is 36.8 Å². The molecule has 0 saturated heterocycles. The normalized spacial score (nSPS) is 10.7. The lowest BCUT2D eigenvalue weighted by atomic mass is 10.1. The number of ether oxygens (including phenoxy) is 3. The number of aromatic nitrogens is 1. The number of benzene rings is 2. The van der Waals surface area contributed by atoms with E-state index in [4.69, 9.17) is 14.2 Å². The second-order valence-corrected chi connectivity index (χ2v) is 7.81. The Morgan fingerprint density at radius 2 is 1.70 bits per heavy atom. The van der Waals surface area contributed by atoms with E-state index in [0.717, 1.165) is 11.1 Å². The van der Waals surface area contributed by atoms with Gasteiger partial charge < -0.3 is 24.1 Å². The lowest BCUT2D eigenvalue weighted by Gasteiger charge is -2.14. The molecular weight excluding hydrogens is 420 g/mol. The van der Waals surface area contributed by atoms with Gasteiger partial charge in [0.2, 0.25) is 5.91 Å². The van der Waals surface area contributed by atoms with Crippen molar-refractivity contribution < 1.29 is 23.8 Å². The maximum absolute atomic E-state index is 13.1. The summed E-state index contributed by atoms with van der Waals surface area (Å²) >= 11 is 0. The highest BCUT2D eigenvalue weighted by Gasteiger charge is 2.26. The Balaban J connectivity index is 2.22. The van der Waals surface area contributed by atoms with E-state index in [9.17, 15) is 9.59 Å². The molecule has 0 radical (unpaired) electrons. The van der Waals surface area contributed by atoms with Crippen LogP contribution in [0.3, 0.4) is 0 Å². The average molecular weight is 451 g/mol. The second-order valence-electron chi connectivity index (χ2n) is 7.81. The number of anilines is 1. The molecule has 7 heteroatoms. The third kappa shape index (κ3) is 5.37. The molecular formula is C26H30N2O5. The molecule has 0 fully saturated rings. The van der Waals surface area contributed by atoms with E-state index in [-0.39, 0.29) is 18.4 Å². The van der Waals surface area contributed by atoms with Gasteiger partial charge in [0.15, 0.2) is 17.2 Å². The molecule has 0 spiro atoms. The van der Waals surface area contributed by atoms with Gasteiger partial charge in [-0.2, -0.15) is 0 Å². The number of carbonyl (C=O) groups is 2. The Morgan fingerprint density at radius 1 is 1.00 bits per heavy atom. The number of hydrogen-bond acceptors (Lipinski definition) is 5. The average Bonchev–Trinajstić information content (AvgIpc) is 3.16. The monoisotopic (exact) mass is 450 g/mol. The van der Waals surface area contributed by atoms with Gasteiger partial charge in [0.25, 0.3) is 0 Å². The summed E-state index contributed by atoms with van der Waals surface area (Å²) in [5.74, 6) is 0.169. The van der Waals surface area contributed by atoms with Crippen LogP contribution in [0.15, 0.2) is 54.7 Å². The van der Waals surface area contributed by atoms with Gasteiger partial charge in [-0.1, -0.05) is 50.2 Å². The van der Waals surface area contributed by atoms with Crippen molar-refractivity contribution in [1.82, 2.24) is 4.57 Å². The molecule has 174 valence electrons. The Bertz CT molecular complexity index is 1120. The molecule has 1 heterocycles. The minimum Gasteiger partial charge on any atom is -0.493 e.